The third-order valence-electron chi connectivity index (χ3n) is 10.4. The number of rotatable bonds is 7. The molecule has 316 valence electrons. The lowest BCUT2D eigenvalue weighted by molar-refractivity contribution is -0.275. The first-order valence-corrected chi connectivity index (χ1v) is 18.5. The lowest BCUT2D eigenvalue weighted by atomic mass is 9.76. The van der Waals surface area contributed by atoms with Gasteiger partial charge in [-0.25, -0.2) is 8.78 Å². The number of fused-ring (bicyclic) bond motifs is 2. The molecule has 7 rings (SSSR count). The maximum absolute atomic E-state index is 18.5. The Bertz CT molecular complexity index is 3340. The second kappa shape index (κ2) is 16.9. The largest absolute Gasteiger partial charge is 0.573 e. The van der Waals surface area contributed by atoms with Crippen LogP contribution in [-0.2, 0) is 0 Å². The lowest BCUT2D eigenvalue weighted by Gasteiger charge is -2.25. The second-order valence-corrected chi connectivity index (χ2v) is 14.1. The third-order valence-corrected chi connectivity index (χ3v) is 10.4. The van der Waals surface area contributed by atoms with Gasteiger partial charge in [0.05, 0.1) is 75.2 Å². The van der Waals surface area contributed by atoms with Crippen LogP contribution in [-0.4, -0.2) is 12.7 Å². The van der Waals surface area contributed by atoms with E-state index in [1.165, 1.54) is 18.2 Å². The molecule has 10 nitrogen and oxygen atoms in total. The summed E-state index contributed by atoms with van der Waals surface area (Å²) in [6, 6.07) is 29.0. The van der Waals surface area contributed by atoms with Crippen molar-refractivity contribution in [2.45, 2.75) is 24.6 Å². The Morgan fingerprint density at radius 1 is 0.530 bits per heavy atom. The summed E-state index contributed by atoms with van der Waals surface area (Å²) in [5.74, 6) is -7.97. The van der Waals surface area contributed by atoms with E-state index in [1.54, 1.807) is 12.1 Å². The summed E-state index contributed by atoms with van der Waals surface area (Å²) < 4.78 is 123. The Morgan fingerprint density at radius 2 is 1.00 bits per heavy atom. The number of nitrogens with zero attached hydrogens (tertiary/aromatic N) is 8. The van der Waals surface area contributed by atoms with Gasteiger partial charge in [0.25, 0.3) is 0 Å². The third kappa shape index (κ3) is 7.83. The minimum absolute atomic E-state index is 0.124. The van der Waals surface area contributed by atoms with E-state index < -0.39 is 97.8 Å². The molecule has 2 aliphatic carbocycles. The van der Waals surface area contributed by atoms with Crippen LogP contribution >= 0.6 is 0 Å². The maximum Gasteiger partial charge on any atom is 0.573 e. The van der Waals surface area contributed by atoms with Gasteiger partial charge in [0.2, 0.25) is 0 Å². The highest BCUT2D eigenvalue weighted by Crippen LogP contribution is 2.60. The number of ether oxygens (including phenoxy) is 2. The summed E-state index contributed by atoms with van der Waals surface area (Å²) in [5, 5.41) is 82.6. The van der Waals surface area contributed by atoms with Crippen LogP contribution in [0.15, 0.2) is 84.9 Å². The summed E-state index contributed by atoms with van der Waals surface area (Å²) in [6.07, 6.45) is -10.3. The van der Waals surface area contributed by atoms with Gasteiger partial charge in [-0.3, -0.25) is 0 Å². The molecule has 0 amide bonds. The van der Waals surface area contributed by atoms with Gasteiger partial charge < -0.3 is 9.47 Å². The number of nitriles is 8. The summed E-state index contributed by atoms with van der Waals surface area (Å²) in [6.45, 7) is 0. The molecule has 2 unspecified atom stereocenters. The van der Waals surface area contributed by atoms with Gasteiger partial charge in [-0.15, -0.1) is 26.3 Å². The van der Waals surface area contributed by atoms with Crippen LogP contribution in [0.2, 0.25) is 0 Å². The molecule has 0 radical (unpaired) electrons. The molecule has 0 fully saturated rings. The van der Waals surface area contributed by atoms with Gasteiger partial charge >= 0.3 is 12.7 Å². The maximum atomic E-state index is 18.5. The molecule has 0 N–H and O–H groups in total. The van der Waals surface area contributed by atoms with Gasteiger partial charge in [-0.2, -0.15) is 42.1 Å². The molecule has 0 saturated carbocycles. The number of alkyl halides is 6. The highest BCUT2D eigenvalue weighted by Gasteiger charge is 2.48. The zero-order valence-electron chi connectivity index (χ0n) is 32.7. The smallest absolute Gasteiger partial charge is 0.406 e. The highest BCUT2D eigenvalue weighted by atomic mass is 19.4. The fourth-order valence-electron chi connectivity index (χ4n) is 8.07. The molecule has 0 spiro atoms. The number of hydrogen-bond donors (Lipinski definition) is 0. The molecular formula is C48H16F8N8O2. The van der Waals surface area contributed by atoms with Crippen LogP contribution in [0.5, 0.6) is 11.5 Å². The number of benzene rings is 5. The Hall–Kier alpha value is -9.72. The summed E-state index contributed by atoms with van der Waals surface area (Å²) in [7, 11) is 0. The molecule has 0 heterocycles. The van der Waals surface area contributed by atoms with E-state index >= 15 is 8.78 Å². The SMILES string of the molecule is N#CC1=C(c2ccc(OC(F)(F)F)cc2)/C(=C(\C#N)c2cc(C#N)cc(C#N)c2)c2c(F)c3c(c(F)c21)C(C#N)=C(c1ccc(OC(F)(F)F)cc1)C3C(C#N)c1cc(C#N)cc(C#N)c1. The van der Waals surface area contributed by atoms with E-state index in [2.05, 4.69) is 9.47 Å². The summed E-state index contributed by atoms with van der Waals surface area (Å²) in [4.78, 5) is 0. The van der Waals surface area contributed by atoms with E-state index in [0.717, 1.165) is 66.7 Å². The van der Waals surface area contributed by atoms with E-state index in [-0.39, 0.29) is 50.1 Å². The van der Waals surface area contributed by atoms with Gasteiger partial charge in [-0.05, 0) is 88.5 Å². The van der Waals surface area contributed by atoms with Crippen molar-refractivity contribution < 1.29 is 44.6 Å². The van der Waals surface area contributed by atoms with E-state index in [0.29, 0.717) is 0 Å². The highest BCUT2D eigenvalue weighted by molar-refractivity contribution is 6.31. The van der Waals surface area contributed by atoms with E-state index in [4.69, 9.17) is 0 Å². The zero-order valence-corrected chi connectivity index (χ0v) is 32.7. The van der Waals surface area contributed by atoms with E-state index in [9.17, 15) is 68.4 Å². The fourth-order valence-corrected chi connectivity index (χ4v) is 8.07. The van der Waals surface area contributed by atoms with Crippen molar-refractivity contribution in [1.82, 2.24) is 0 Å². The molecule has 0 aromatic heterocycles. The molecule has 0 saturated heterocycles. The molecule has 0 bridgehead atoms. The van der Waals surface area contributed by atoms with E-state index in [1.807, 2.05) is 36.4 Å². The number of halogens is 8. The van der Waals surface area contributed by atoms with Gasteiger partial charge in [0.1, 0.15) is 41.3 Å². The first-order chi connectivity index (χ1) is 31.4. The van der Waals surface area contributed by atoms with Gasteiger partial charge in [-0.1, -0.05) is 24.3 Å². The predicted octanol–water partition coefficient (Wildman–Crippen LogP) is 11.0. The Kier molecular flexibility index (Phi) is 11.3. The first-order valence-electron chi connectivity index (χ1n) is 18.5. The predicted molar refractivity (Wildman–Crippen MR) is 213 cm³/mol. The Labute approximate surface area is 367 Å². The fraction of sp³-hybridized carbons (Fsp3) is 0.0833. The van der Waals surface area contributed by atoms with Crippen LogP contribution < -0.4 is 9.47 Å². The monoisotopic (exact) mass is 888 g/mol. The van der Waals surface area contributed by atoms with Crippen LogP contribution in [0.25, 0.3) is 33.4 Å². The molecule has 0 aliphatic heterocycles. The van der Waals surface area contributed by atoms with Crippen LogP contribution in [0.3, 0.4) is 0 Å². The second-order valence-electron chi connectivity index (χ2n) is 14.1. The van der Waals surface area contributed by atoms with Crippen molar-refractivity contribution in [1.29, 1.82) is 42.1 Å². The van der Waals surface area contributed by atoms with Crippen LogP contribution in [0.4, 0.5) is 35.1 Å². The molecular weight excluding hydrogens is 873 g/mol. The number of allylic oxidation sites excluding steroid dienone is 6. The first kappa shape index (κ1) is 44.3. The summed E-state index contributed by atoms with van der Waals surface area (Å²) >= 11 is 0. The average molecular weight is 889 g/mol. The van der Waals surface area contributed by atoms with Gasteiger partial charge in [0.15, 0.2) is 0 Å². The quantitative estimate of drug-likeness (QED) is 0.111. The summed E-state index contributed by atoms with van der Waals surface area (Å²) in [5.41, 5.74) is -7.89. The van der Waals surface area contributed by atoms with Crippen molar-refractivity contribution >= 4 is 33.4 Å². The molecule has 2 aliphatic rings. The van der Waals surface area contributed by atoms with Crippen molar-refractivity contribution in [2.75, 3.05) is 0 Å². The normalized spacial score (nSPS) is 15.0. The Balaban J connectivity index is 1.64. The average Bonchev–Trinajstić information content (AvgIpc) is 3.82. The Morgan fingerprint density at radius 3 is 1.42 bits per heavy atom. The van der Waals surface area contributed by atoms with Gasteiger partial charge in [0, 0.05) is 39.3 Å². The van der Waals surface area contributed by atoms with Crippen LogP contribution in [0.1, 0.15) is 78.6 Å². The molecule has 5 aromatic rings. The van der Waals surface area contributed by atoms with Crippen molar-refractivity contribution in [3.05, 3.63) is 163 Å². The minimum atomic E-state index is -5.15. The molecule has 18 heteroatoms. The number of hydrogen-bond acceptors (Lipinski definition) is 10. The molecule has 66 heavy (non-hydrogen) atoms. The zero-order chi connectivity index (χ0) is 47.8. The molecule has 5 aromatic carbocycles. The van der Waals surface area contributed by atoms with Crippen molar-refractivity contribution in [3.63, 3.8) is 0 Å². The topological polar surface area (TPSA) is 209 Å². The van der Waals surface area contributed by atoms with Crippen LogP contribution in [0, 0.1) is 102 Å². The molecule has 2 atom stereocenters. The van der Waals surface area contributed by atoms with Crippen molar-refractivity contribution in [3.8, 4) is 60.1 Å². The standard InChI is InChI=1S/C48H16F8N8O2/c49-45-41-35(21-63)37(27-1-5-31(6-2-27)65-47(51,52)53)39(33(19-61)29-11-23(15-57)9-24(12-29)16-58)43(41)46(50)44-40(34(20-62)30-13-25(17-59)10-26(14-30)18-60)38(36(22-64)42(44)45)28-3-7-32(8-4-28)66-48(54,55)56/h1-14,33,39H/b40-34-. The van der Waals surface area contributed by atoms with Crippen molar-refractivity contribution in [2.24, 2.45) is 0 Å². The lowest BCUT2D eigenvalue weighted by Crippen LogP contribution is -2.17. The minimum Gasteiger partial charge on any atom is -0.406 e.